The Morgan fingerprint density at radius 2 is 1.95 bits per heavy atom. The van der Waals surface area contributed by atoms with Gasteiger partial charge in [0.2, 0.25) is 10.0 Å². The lowest BCUT2D eigenvalue weighted by atomic mass is 10.1. The first-order valence-corrected chi connectivity index (χ1v) is 7.11. The molecule has 0 fully saturated rings. The van der Waals surface area contributed by atoms with E-state index in [1.54, 1.807) is 13.0 Å². The summed E-state index contributed by atoms with van der Waals surface area (Å²) in [5.74, 6) is -0.695. The maximum absolute atomic E-state index is 11.6. The number of hydrogen-bond donors (Lipinski definition) is 2. The van der Waals surface area contributed by atoms with Crippen LogP contribution in [0, 0.1) is 6.92 Å². The largest absolute Gasteiger partial charge is 0.366 e. The molecule has 2 aromatic rings. The fraction of sp³-hybridized carbons (Fsp3) is 0.0833. The molecule has 8 heteroatoms. The minimum absolute atomic E-state index is 0.208. The molecule has 0 radical (unpaired) electrons. The van der Waals surface area contributed by atoms with Crippen molar-refractivity contribution in [1.29, 1.82) is 0 Å². The van der Waals surface area contributed by atoms with E-state index in [4.69, 9.17) is 10.9 Å². The van der Waals surface area contributed by atoms with Gasteiger partial charge in [-0.15, -0.1) is 0 Å². The molecule has 0 aliphatic carbocycles. The van der Waals surface area contributed by atoms with Crippen LogP contribution >= 0.6 is 0 Å². The summed E-state index contributed by atoms with van der Waals surface area (Å²) in [6, 6.07) is 5.86. The minimum Gasteiger partial charge on any atom is -0.366 e. The van der Waals surface area contributed by atoms with Gasteiger partial charge in [0.1, 0.15) is 0 Å². The number of primary amides is 1. The summed E-state index contributed by atoms with van der Waals surface area (Å²) in [6.07, 6.45) is 1.51. The molecule has 1 heterocycles. The molecule has 0 bridgehead atoms. The van der Waals surface area contributed by atoms with E-state index in [0.717, 1.165) is 0 Å². The highest BCUT2D eigenvalue weighted by Crippen LogP contribution is 2.25. The molecule has 1 aromatic heterocycles. The monoisotopic (exact) mass is 292 g/mol. The molecule has 0 saturated carbocycles. The van der Waals surface area contributed by atoms with Crippen molar-refractivity contribution >= 4 is 15.9 Å². The van der Waals surface area contributed by atoms with Gasteiger partial charge in [-0.25, -0.2) is 23.5 Å². The fourth-order valence-electron chi connectivity index (χ4n) is 1.79. The van der Waals surface area contributed by atoms with Crippen molar-refractivity contribution in [1.82, 2.24) is 9.97 Å². The van der Waals surface area contributed by atoms with Gasteiger partial charge in [-0.05, 0) is 19.1 Å². The highest BCUT2D eigenvalue weighted by molar-refractivity contribution is 7.89. The zero-order valence-corrected chi connectivity index (χ0v) is 11.4. The molecule has 0 atom stereocenters. The van der Waals surface area contributed by atoms with Gasteiger partial charge in [0.15, 0.2) is 5.82 Å². The smallest absolute Gasteiger partial charge is 0.250 e. The Bertz CT molecular complexity index is 787. The Hall–Kier alpha value is -2.32. The number of carbonyl (C=O) groups excluding carboxylic acids is 1. The van der Waals surface area contributed by atoms with Gasteiger partial charge in [-0.2, -0.15) is 0 Å². The maximum atomic E-state index is 11.6. The van der Waals surface area contributed by atoms with E-state index in [1.165, 1.54) is 24.4 Å². The second kappa shape index (κ2) is 4.99. The quantitative estimate of drug-likeness (QED) is 0.834. The van der Waals surface area contributed by atoms with E-state index in [2.05, 4.69) is 9.97 Å². The highest BCUT2D eigenvalue weighted by Gasteiger charge is 2.22. The number of nitrogens with two attached hydrogens (primary N) is 2. The van der Waals surface area contributed by atoms with Crippen LogP contribution in [-0.2, 0) is 10.0 Å². The second-order valence-electron chi connectivity index (χ2n) is 4.11. The van der Waals surface area contributed by atoms with Gasteiger partial charge in [-0.3, -0.25) is 4.79 Å². The van der Waals surface area contributed by atoms with E-state index in [0.29, 0.717) is 5.69 Å². The van der Waals surface area contributed by atoms with Crippen LogP contribution in [0.25, 0.3) is 11.4 Å². The first-order valence-electron chi connectivity index (χ1n) is 5.56. The number of sulfonamides is 1. The zero-order chi connectivity index (χ0) is 14.9. The minimum atomic E-state index is -4.08. The standard InChI is InChI=1S/C12H12N4O3S/c1-7-5-6-15-12(16-7)8-3-2-4-9(20(14,18)19)10(8)11(13)17/h2-6H,1H3,(H2,13,17)(H2,14,18,19). The Labute approximate surface area is 115 Å². The highest BCUT2D eigenvalue weighted by atomic mass is 32.2. The summed E-state index contributed by atoms with van der Waals surface area (Å²) < 4.78 is 23.1. The Morgan fingerprint density at radius 3 is 2.50 bits per heavy atom. The fourth-order valence-corrected chi connectivity index (χ4v) is 2.55. The number of aryl methyl sites for hydroxylation is 1. The van der Waals surface area contributed by atoms with Crippen LogP contribution in [-0.4, -0.2) is 24.3 Å². The van der Waals surface area contributed by atoms with Crippen molar-refractivity contribution < 1.29 is 13.2 Å². The topological polar surface area (TPSA) is 129 Å². The van der Waals surface area contributed by atoms with E-state index in [1.807, 2.05) is 0 Å². The number of aromatic nitrogens is 2. The number of nitrogens with zero attached hydrogens (tertiary/aromatic N) is 2. The van der Waals surface area contributed by atoms with Gasteiger partial charge < -0.3 is 5.73 Å². The van der Waals surface area contributed by atoms with Crippen LogP contribution in [0.2, 0.25) is 0 Å². The van der Waals surface area contributed by atoms with Crippen molar-refractivity contribution in [3.63, 3.8) is 0 Å². The van der Waals surface area contributed by atoms with Gasteiger partial charge in [0.05, 0.1) is 10.5 Å². The molecule has 0 aliphatic heterocycles. The van der Waals surface area contributed by atoms with Crippen molar-refractivity contribution in [2.24, 2.45) is 10.9 Å². The number of benzene rings is 1. The zero-order valence-electron chi connectivity index (χ0n) is 10.6. The number of amides is 1. The molecular formula is C12H12N4O3S. The first-order chi connectivity index (χ1) is 9.30. The lowest BCUT2D eigenvalue weighted by Gasteiger charge is -2.10. The molecule has 104 valence electrons. The van der Waals surface area contributed by atoms with Gasteiger partial charge >= 0.3 is 0 Å². The number of carbonyl (C=O) groups is 1. The Balaban J connectivity index is 2.81. The van der Waals surface area contributed by atoms with Crippen molar-refractivity contribution in [3.8, 4) is 11.4 Å². The Morgan fingerprint density at radius 1 is 1.25 bits per heavy atom. The van der Waals surface area contributed by atoms with Crippen LogP contribution in [0.5, 0.6) is 0 Å². The van der Waals surface area contributed by atoms with E-state index < -0.39 is 15.9 Å². The molecule has 20 heavy (non-hydrogen) atoms. The van der Waals surface area contributed by atoms with Gasteiger partial charge in [0.25, 0.3) is 5.91 Å². The molecule has 0 unspecified atom stereocenters. The normalized spacial score (nSPS) is 11.3. The summed E-state index contributed by atoms with van der Waals surface area (Å²) in [5, 5.41) is 5.10. The number of rotatable bonds is 3. The van der Waals surface area contributed by atoms with E-state index >= 15 is 0 Å². The average molecular weight is 292 g/mol. The Kier molecular flexibility index (Phi) is 3.51. The molecular weight excluding hydrogens is 280 g/mol. The lowest BCUT2D eigenvalue weighted by Crippen LogP contribution is -2.21. The predicted molar refractivity (Wildman–Crippen MR) is 72.1 cm³/mol. The lowest BCUT2D eigenvalue weighted by molar-refractivity contribution is 0.0997. The molecule has 0 spiro atoms. The van der Waals surface area contributed by atoms with Gasteiger partial charge in [-0.1, -0.05) is 12.1 Å². The van der Waals surface area contributed by atoms with Crippen LogP contribution in [0.3, 0.4) is 0 Å². The van der Waals surface area contributed by atoms with Crippen LogP contribution < -0.4 is 10.9 Å². The third-order valence-electron chi connectivity index (χ3n) is 2.61. The average Bonchev–Trinajstić information content (AvgIpc) is 2.36. The predicted octanol–water partition coefficient (Wildman–Crippen LogP) is 0.198. The second-order valence-corrected chi connectivity index (χ2v) is 5.64. The summed E-state index contributed by atoms with van der Waals surface area (Å²) in [4.78, 5) is 19.4. The summed E-state index contributed by atoms with van der Waals surface area (Å²) >= 11 is 0. The molecule has 1 aromatic carbocycles. The van der Waals surface area contributed by atoms with Crippen molar-refractivity contribution in [3.05, 3.63) is 41.7 Å². The van der Waals surface area contributed by atoms with Crippen LogP contribution in [0.1, 0.15) is 16.1 Å². The third kappa shape index (κ3) is 2.65. The summed E-state index contributed by atoms with van der Waals surface area (Å²) in [5.41, 5.74) is 5.97. The van der Waals surface area contributed by atoms with Gasteiger partial charge in [0, 0.05) is 17.5 Å². The SMILES string of the molecule is Cc1ccnc(-c2cccc(S(N)(=O)=O)c2C(N)=O)n1. The van der Waals surface area contributed by atoms with E-state index in [9.17, 15) is 13.2 Å². The molecule has 1 amide bonds. The summed E-state index contributed by atoms with van der Waals surface area (Å²) in [7, 11) is -4.08. The first kappa shape index (κ1) is 14.1. The van der Waals surface area contributed by atoms with E-state index in [-0.39, 0.29) is 21.8 Å². The molecule has 0 aliphatic rings. The molecule has 7 nitrogen and oxygen atoms in total. The third-order valence-corrected chi connectivity index (χ3v) is 3.57. The van der Waals surface area contributed by atoms with Crippen molar-refractivity contribution in [2.75, 3.05) is 0 Å². The van der Waals surface area contributed by atoms with Crippen LogP contribution in [0.15, 0.2) is 35.4 Å². The molecule has 2 rings (SSSR count). The maximum Gasteiger partial charge on any atom is 0.250 e. The molecule has 4 N–H and O–H groups in total. The summed E-state index contributed by atoms with van der Waals surface area (Å²) in [6.45, 7) is 1.75. The number of primary sulfonamides is 1. The molecule has 0 saturated heterocycles. The number of hydrogen-bond acceptors (Lipinski definition) is 5. The van der Waals surface area contributed by atoms with Crippen molar-refractivity contribution in [2.45, 2.75) is 11.8 Å². The van der Waals surface area contributed by atoms with Crippen LogP contribution in [0.4, 0.5) is 0 Å².